The molecule has 3 rings (SSSR count). The molecule has 22 heavy (non-hydrogen) atoms. The fourth-order valence-electron chi connectivity index (χ4n) is 3.26. The molecule has 1 fully saturated rings. The van der Waals surface area contributed by atoms with Gasteiger partial charge >= 0.3 is 0 Å². The maximum absolute atomic E-state index is 12.8. The summed E-state index contributed by atoms with van der Waals surface area (Å²) in [5.74, 6) is -0.0146. The quantitative estimate of drug-likeness (QED) is 0.912. The fourth-order valence-corrected chi connectivity index (χ4v) is 3.26. The van der Waals surface area contributed by atoms with Gasteiger partial charge in [0.15, 0.2) is 0 Å². The number of allylic oxidation sites excluding steroid dienone is 1. The molecule has 2 heterocycles. The minimum atomic E-state index is -0.502. The van der Waals surface area contributed by atoms with E-state index in [1.807, 2.05) is 18.2 Å². The van der Waals surface area contributed by atoms with Crippen LogP contribution in [0, 0.1) is 0 Å². The van der Waals surface area contributed by atoms with Crippen LogP contribution in [0.15, 0.2) is 37.1 Å². The molecule has 2 aliphatic heterocycles. The largest absolute Gasteiger partial charge is 0.329 e. The molecule has 1 unspecified atom stereocenters. The van der Waals surface area contributed by atoms with Crippen molar-refractivity contribution in [3.05, 3.63) is 53.7 Å². The van der Waals surface area contributed by atoms with Gasteiger partial charge in [-0.1, -0.05) is 39.1 Å². The molecule has 0 aliphatic carbocycles. The summed E-state index contributed by atoms with van der Waals surface area (Å²) in [6.45, 7) is 12.1. The van der Waals surface area contributed by atoms with Gasteiger partial charge in [-0.15, -0.1) is 0 Å². The second-order valence-corrected chi connectivity index (χ2v) is 6.19. The number of nitrogens with one attached hydrogen (secondary N) is 1. The lowest BCUT2D eigenvalue weighted by Gasteiger charge is -2.31. The lowest BCUT2D eigenvalue weighted by atomic mass is 9.93. The third-order valence-electron chi connectivity index (χ3n) is 4.38. The number of piperidine rings is 1. The van der Waals surface area contributed by atoms with Gasteiger partial charge in [0.25, 0.3) is 5.91 Å². The van der Waals surface area contributed by atoms with Crippen LogP contribution < -0.4 is 5.32 Å². The Labute approximate surface area is 130 Å². The first-order valence-electron chi connectivity index (χ1n) is 7.56. The minimum Gasteiger partial charge on any atom is -0.329 e. The Morgan fingerprint density at radius 3 is 2.64 bits per heavy atom. The van der Waals surface area contributed by atoms with E-state index >= 15 is 0 Å². The average molecular weight is 296 g/mol. The molecule has 1 aromatic rings. The van der Waals surface area contributed by atoms with Gasteiger partial charge in [0.2, 0.25) is 5.91 Å². The Morgan fingerprint density at radius 2 is 2.00 bits per heavy atom. The summed E-state index contributed by atoms with van der Waals surface area (Å²) < 4.78 is 0. The fraction of sp³-hybridized carbons (Fsp3) is 0.333. The van der Waals surface area contributed by atoms with Crippen LogP contribution in [0.1, 0.15) is 54.1 Å². The molecule has 1 atom stereocenters. The highest BCUT2D eigenvalue weighted by atomic mass is 16.2. The van der Waals surface area contributed by atoms with E-state index < -0.39 is 6.04 Å². The highest BCUT2D eigenvalue weighted by Gasteiger charge is 2.41. The van der Waals surface area contributed by atoms with Crippen LogP contribution in [0.5, 0.6) is 0 Å². The van der Waals surface area contributed by atoms with E-state index in [4.69, 9.17) is 0 Å². The summed E-state index contributed by atoms with van der Waals surface area (Å²) in [4.78, 5) is 26.6. The van der Waals surface area contributed by atoms with E-state index in [1.165, 1.54) is 0 Å². The second-order valence-electron chi connectivity index (χ2n) is 6.19. The lowest BCUT2D eigenvalue weighted by molar-refractivity contribution is -0.125. The number of hydrogen-bond acceptors (Lipinski definition) is 2. The van der Waals surface area contributed by atoms with E-state index in [1.54, 1.807) is 4.90 Å². The monoisotopic (exact) mass is 296 g/mol. The van der Waals surface area contributed by atoms with Crippen LogP contribution in [-0.2, 0) is 4.79 Å². The molecule has 1 saturated heterocycles. The number of fused-ring (bicyclic) bond motifs is 1. The molecule has 4 nitrogen and oxygen atoms in total. The third kappa shape index (κ3) is 2.06. The van der Waals surface area contributed by atoms with E-state index in [9.17, 15) is 9.59 Å². The summed E-state index contributed by atoms with van der Waals surface area (Å²) in [5.41, 5.74) is 3.97. The Morgan fingerprint density at radius 1 is 1.27 bits per heavy atom. The summed E-state index contributed by atoms with van der Waals surface area (Å²) in [6, 6.07) is 5.23. The highest BCUT2D eigenvalue weighted by molar-refractivity contribution is 6.11. The summed E-state index contributed by atoms with van der Waals surface area (Å²) >= 11 is 0. The van der Waals surface area contributed by atoms with Crippen molar-refractivity contribution >= 4 is 17.5 Å². The van der Waals surface area contributed by atoms with Crippen LogP contribution in [0.4, 0.5) is 0 Å². The normalized spacial score (nSPS) is 21.4. The minimum absolute atomic E-state index is 0.129. The Hall–Kier alpha value is -2.36. The van der Waals surface area contributed by atoms with Crippen molar-refractivity contribution < 1.29 is 9.59 Å². The van der Waals surface area contributed by atoms with E-state index in [0.717, 1.165) is 11.1 Å². The van der Waals surface area contributed by atoms with Crippen molar-refractivity contribution in [2.75, 3.05) is 0 Å². The number of rotatable bonds is 2. The van der Waals surface area contributed by atoms with Crippen LogP contribution in [-0.4, -0.2) is 22.8 Å². The topological polar surface area (TPSA) is 49.4 Å². The van der Waals surface area contributed by atoms with Gasteiger partial charge in [0, 0.05) is 22.5 Å². The Balaban J connectivity index is 2.02. The first-order valence-corrected chi connectivity index (χ1v) is 7.56. The molecular weight excluding hydrogens is 276 g/mol. The first kappa shape index (κ1) is 14.6. The second kappa shape index (κ2) is 5.13. The third-order valence-corrected chi connectivity index (χ3v) is 4.38. The lowest BCUT2D eigenvalue weighted by Crippen LogP contribution is -2.49. The van der Waals surface area contributed by atoms with Gasteiger partial charge in [-0.05, 0) is 30.4 Å². The molecule has 2 aliphatic rings. The number of carbonyl (C=O) groups is 2. The van der Waals surface area contributed by atoms with Crippen molar-refractivity contribution in [2.24, 2.45) is 0 Å². The van der Waals surface area contributed by atoms with Crippen LogP contribution in [0.25, 0.3) is 5.70 Å². The molecule has 0 spiro atoms. The first-order chi connectivity index (χ1) is 10.4. The van der Waals surface area contributed by atoms with Crippen LogP contribution in [0.3, 0.4) is 0 Å². The maximum atomic E-state index is 12.8. The van der Waals surface area contributed by atoms with Crippen molar-refractivity contribution in [2.45, 2.75) is 38.6 Å². The van der Waals surface area contributed by atoms with Gasteiger partial charge in [0.05, 0.1) is 0 Å². The zero-order chi connectivity index (χ0) is 16.0. The number of benzene rings is 1. The average Bonchev–Trinajstić information content (AvgIpc) is 2.72. The van der Waals surface area contributed by atoms with Crippen molar-refractivity contribution in [3.8, 4) is 0 Å². The van der Waals surface area contributed by atoms with E-state index in [0.29, 0.717) is 35.7 Å². The van der Waals surface area contributed by atoms with Gasteiger partial charge in [-0.25, -0.2) is 0 Å². The Kier molecular flexibility index (Phi) is 3.39. The van der Waals surface area contributed by atoms with Gasteiger partial charge in [-0.3, -0.25) is 14.5 Å². The van der Waals surface area contributed by atoms with Gasteiger partial charge < -0.3 is 5.32 Å². The van der Waals surface area contributed by atoms with Gasteiger partial charge in [0.1, 0.15) is 6.04 Å². The van der Waals surface area contributed by atoms with Crippen LogP contribution >= 0.6 is 0 Å². The number of amides is 2. The molecular formula is C18H20N2O2. The molecule has 1 N–H and O–H groups in total. The highest BCUT2D eigenvalue weighted by Crippen LogP contribution is 2.39. The van der Waals surface area contributed by atoms with E-state index in [2.05, 4.69) is 32.3 Å². The summed E-state index contributed by atoms with van der Waals surface area (Å²) in [6.07, 6.45) is 1.27. The molecule has 0 saturated carbocycles. The van der Waals surface area contributed by atoms with Crippen molar-refractivity contribution in [3.63, 3.8) is 0 Å². The SMILES string of the molecule is C=C1CCC(N2C(=C)c3c(cccc3C(C)C)C2=O)C(=O)N1. The predicted molar refractivity (Wildman–Crippen MR) is 86.0 cm³/mol. The van der Waals surface area contributed by atoms with Crippen molar-refractivity contribution in [1.82, 2.24) is 10.2 Å². The molecule has 0 aromatic heterocycles. The summed E-state index contributed by atoms with van der Waals surface area (Å²) in [7, 11) is 0. The predicted octanol–water partition coefficient (Wildman–Crippen LogP) is 3.03. The smallest absolute Gasteiger partial charge is 0.259 e. The molecule has 4 heteroatoms. The molecule has 1 aromatic carbocycles. The standard InChI is InChI=1S/C18H20N2O2/c1-10(2)13-6-5-7-14-16(13)12(4)20(18(14)22)15-9-8-11(3)19-17(15)21/h5-7,10,15H,3-4,8-9H2,1-2H3,(H,19,21). The number of carbonyl (C=O) groups excluding carboxylic acids is 2. The van der Waals surface area contributed by atoms with Crippen LogP contribution in [0.2, 0.25) is 0 Å². The maximum Gasteiger partial charge on any atom is 0.259 e. The molecule has 114 valence electrons. The molecule has 0 bridgehead atoms. The summed E-state index contributed by atoms with van der Waals surface area (Å²) in [5, 5.41) is 2.74. The number of nitrogens with zero attached hydrogens (tertiary/aromatic N) is 1. The van der Waals surface area contributed by atoms with E-state index in [-0.39, 0.29) is 11.8 Å². The van der Waals surface area contributed by atoms with Crippen molar-refractivity contribution in [1.29, 1.82) is 0 Å². The zero-order valence-electron chi connectivity index (χ0n) is 13.0. The zero-order valence-corrected chi connectivity index (χ0v) is 13.0. The molecule has 2 amide bonds. The Bertz CT molecular complexity index is 703. The molecule has 0 radical (unpaired) electrons. The number of hydrogen-bond donors (Lipinski definition) is 1. The van der Waals surface area contributed by atoms with Gasteiger partial charge in [-0.2, -0.15) is 0 Å².